The number of rotatable bonds is 4. The van der Waals surface area contributed by atoms with Crippen LogP contribution in [0, 0.1) is 6.92 Å². The van der Waals surface area contributed by atoms with E-state index in [0.717, 1.165) is 15.6 Å². The van der Waals surface area contributed by atoms with Crippen LogP contribution in [-0.2, 0) is 6.54 Å². The van der Waals surface area contributed by atoms with E-state index in [1.54, 1.807) is 6.20 Å². The number of amides is 1. The van der Waals surface area contributed by atoms with Crippen molar-refractivity contribution in [3.63, 3.8) is 0 Å². The summed E-state index contributed by atoms with van der Waals surface area (Å²) >= 11 is 1.47. The Bertz CT molecular complexity index is 790. The van der Waals surface area contributed by atoms with E-state index in [1.165, 1.54) is 11.3 Å². The van der Waals surface area contributed by atoms with Crippen molar-refractivity contribution in [2.45, 2.75) is 13.5 Å². The highest BCUT2D eigenvalue weighted by Crippen LogP contribution is 2.27. The van der Waals surface area contributed by atoms with Crippen molar-refractivity contribution < 1.29 is 4.79 Å². The van der Waals surface area contributed by atoms with Crippen LogP contribution in [0.4, 0.5) is 5.69 Å². The molecule has 6 heteroatoms. The topological polar surface area (TPSA) is 72.9 Å². The number of anilines is 1. The molecule has 0 aliphatic carbocycles. The van der Waals surface area contributed by atoms with Gasteiger partial charge < -0.3 is 11.1 Å². The van der Waals surface area contributed by atoms with E-state index in [-0.39, 0.29) is 5.91 Å². The zero-order chi connectivity index (χ0) is 14.8. The van der Waals surface area contributed by atoms with Gasteiger partial charge in [-0.05, 0) is 42.1 Å². The molecule has 2 aromatic heterocycles. The summed E-state index contributed by atoms with van der Waals surface area (Å²) in [6.07, 6.45) is 3.76. The molecule has 2 heterocycles. The second kappa shape index (κ2) is 5.57. The van der Waals surface area contributed by atoms with Gasteiger partial charge in [0, 0.05) is 23.1 Å². The van der Waals surface area contributed by atoms with Gasteiger partial charge in [0.05, 0.1) is 17.6 Å². The molecule has 3 N–H and O–H groups in total. The highest BCUT2D eigenvalue weighted by molar-refractivity contribution is 7.20. The van der Waals surface area contributed by atoms with Crippen LogP contribution < -0.4 is 11.1 Å². The standard InChI is InChI=1S/C15H16N4OS/c1-10-8-18-19(9-10)5-4-17-15(20)14-7-11-6-12(16)2-3-13(11)21-14/h2-3,6-9H,4-5,16H2,1H3,(H,17,20). The molecule has 0 fully saturated rings. The van der Waals surface area contributed by atoms with E-state index in [0.29, 0.717) is 23.7 Å². The van der Waals surface area contributed by atoms with Gasteiger partial charge in [-0.1, -0.05) is 0 Å². The monoisotopic (exact) mass is 300 g/mol. The normalized spacial score (nSPS) is 10.9. The van der Waals surface area contributed by atoms with Gasteiger partial charge in [-0.25, -0.2) is 0 Å². The van der Waals surface area contributed by atoms with E-state index in [9.17, 15) is 4.79 Å². The number of nitrogen functional groups attached to an aromatic ring is 1. The summed E-state index contributed by atoms with van der Waals surface area (Å²) in [7, 11) is 0. The first-order valence-corrected chi connectivity index (χ1v) is 7.50. The molecule has 0 aliphatic rings. The van der Waals surface area contributed by atoms with Crippen molar-refractivity contribution in [1.29, 1.82) is 0 Å². The van der Waals surface area contributed by atoms with Crippen molar-refractivity contribution >= 4 is 33.0 Å². The minimum atomic E-state index is -0.0568. The summed E-state index contributed by atoms with van der Waals surface area (Å²) in [4.78, 5) is 12.8. The maximum Gasteiger partial charge on any atom is 0.261 e. The lowest BCUT2D eigenvalue weighted by molar-refractivity contribution is 0.0956. The SMILES string of the molecule is Cc1cnn(CCNC(=O)c2cc3cc(N)ccc3s2)c1. The molecular weight excluding hydrogens is 284 g/mol. The van der Waals surface area contributed by atoms with E-state index < -0.39 is 0 Å². The first kappa shape index (κ1) is 13.6. The molecule has 1 aromatic carbocycles. The molecule has 0 unspecified atom stereocenters. The van der Waals surface area contributed by atoms with Crippen LogP contribution in [0.1, 0.15) is 15.2 Å². The number of thiophene rings is 1. The second-order valence-electron chi connectivity index (χ2n) is 4.94. The molecule has 3 aromatic rings. The Morgan fingerprint density at radius 1 is 1.43 bits per heavy atom. The predicted molar refractivity (Wildman–Crippen MR) is 85.5 cm³/mol. The Hall–Kier alpha value is -2.34. The van der Waals surface area contributed by atoms with Crippen molar-refractivity contribution in [2.24, 2.45) is 0 Å². The Labute approximate surface area is 126 Å². The molecule has 108 valence electrons. The predicted octanol–water partition coefficient (Wildman–Crippen LogP) is 2.42. The lowest BCUT2D eigenvalue weighted by Crippen LogP contribution is -2.26. The van der Waals surface area contributed by atoms with Crippen LogP contribution in [-0.4, -0.2) is 22.2 Å². The van der Waals surface area contributed by atoms with E-state index >= 15 is 0 Å². The number of aromatic nitrogens is 2. The molecule has 0 saturated heterocycles. The molecule has 0 atom stereocenters. The molecule has 1 amide bonds. The Morgan fingerprint density at radius 2 is 2.29 bits per heavy atom. The average Bonchev–Trinajstić information content (AvgIpc) is 3.04. The maximum absolute atomic E-state index is 12.1. The summed E-state index contributed by atoms with van der Waals surface area (Å²) in [5.74, 6) is -0.0568. The first-order chi connectivity index (χ1) is 10.1. The highest BCUT2D eigenvalue weighted by Gasteiger charge is 2.10. The molecule has 0 radical (unpaired) electrons. The summed E-state index contributed by atoms with van der Waals surface area (Å²) < 4.78 is 2.89. The van der Waals surface area contributed by atoms with Gasteiger partial charge in [0.1, 0.15) is 0 Å². The van der Waals surface area contributed by atoms with Gasteiger partial charge >= 0.3 is 0 Å². The highest BCUT2D eigenvalue weighted by atomic mass is 32.1. The van der Waals surface area contributed by atoms with Crippen molar-refractivity contribution in [2.75, 3.05) is 12.3 Å². The van der Waals surface area contributed by atoms with Crippen LogP contribution in [0.2, 0.25) is 0 Å². The maximum atomic E-state index is 12.1. The fourth-order valence-corrected chi connectivity index (χ4v) is 3.09. The number of aryl methyl sites for hydroxylation is 1. The van der Waals surface area contributed by atoms with Crippen LogP contribution in [0.25, 0.3) is 10.1 Å². The summed E-state index contributed by atoms with van der Waals surface area (Å²) in [5, 5.41) is 8.10. The molecule has 0 aliphatic heterocycles. The van der Waals surface area contributed by atoms with Gasteiger partial charge in [0.15, 0.2) is 0 Å². The quantitative estimate of drug-likeness (QED) is 0.727. The second-order valence-corrected chi connectivity index (χ2v) is 6.03. The number of fused-ring (bicyclic) bond motifs is 1. The van der Waals surface area contributed by atoms with E-state index in [2.05, 4.69) is 10.4 Å². The van der Waals surface area contributed by atoms with Crippen LogP contribution in [0.15, 0.2) is 36.7 Å². The van der Waals surface area contributed by atoms with E-state index in [1.807, 2.05) is 42.1 Å². The average molecular weight is 300 g/mol. The van der Waals surface area contributed by atoms with Crippen molar-refractivity contribution in [3.05, 3.63) is 47.1 Å². The third-order valence-electron chi connectivity index (χ3n) is 3.15. The molecule has 21 heavy (non-hydrogen) atoms. The lowest BCUT2D eigenvalue weighted by atomic mass is 10.2. The van der Waals surface area contributed by atoms with Crippen LogP contribution >= 0.6 is 11.3 Å². The molecule has 0 bridgehead atoms. The van der Waals surface area contributed by atoms with Crippen molar-refractivity contribution in [3.8, 4) is 0 Å². The number of nitrogens with one attached hydrogen (secondary N) is 1. The van der Waals surface area contributed by atoms with Gasteiger partial charge in [-0.3, -0.25) is 9.48 Å². The zero-order valence-electron chi connectivity index (χ0n) is 11.7. The molecule has 5 nitrogen and oxygen atoms in total. The zero-order valence-corrected chi connectivity index (χ0v) is 12.5. The summed E-state index contributed by atoms with van der Waals surface area (Å²) in [6, 6.07) is 7.55. The Balaban J connectivity index is 1.63. The summed E-state index contributed by atoms with van der Waals surface area (Å²) in [6.45, 7) is 3.21. The number of hydrogen-bond acceptors (Lipinski definition) is 4. The van der Waals surface area contributed by atoms with Crippen LogP contribution in [0.5, 0.6) is 0 Å². The largest absolute Gasteiger partial charge is 0.399 e. The number of nitrogens with two attached hydrogens (primary N) is 1. The fourth-order valence-electron chi connectivity index (χ4n) is 2.13. The number of nitrogens with zero attached hydrogens (tertiary/aromatic N) is 2. The third-order valence-corrected chi connectivity index (χ3v) is 4.27. The van der Waals surface area contributed by atoms with Crippen LogP contribution in [0.3, 0.4) is 0 Å². The van der Waals surface area contributed by atoms with Gasteiger partial charge in [-0.15, -0.1) is 11.3 Å². The minimum Gasteiger partial charge on any atom is -0.399 e. The Kier molecular flexibility index (Phi) is 3.62. The number of hydrogen-bond donors (Lipinski definition) is 2. The van der Waals surface area contributed by atoms with Gasteiger partial charge in [-0.2, -0.15) is 5.10 Å². The Morgan fingerprint density at radius 3 is 3.05 bits per heavy atom. The summed E-state index contributed by atoms with van der Waals surface area (Å²) in [5.41, 5.74) is 7.57. The molecule has 0 saturated carbocycles. The van der Waals surface area contributed by atoms with Crippen molar-refractivity contribution in [1.82, 2.24) is 15.1 Å². The first-order valence-electron chi connectivity index (χ1n) is 6.68. The molecular formula is C15H16N4OS. The smallest absolute Gasteiger partial charge is 0.261 e. The minimum absolute atomic E-state index is 0.0568. The molecule has 3 rings (SSSR count). The lowest BCUT2D eigenvalue weighted by Gasteiger charge is -2.03. The fraction of sp³-hybridized carbons (Fsp3) is 0.200. The third kappa shape index (κ3) is 3.05. The van der Waals surface area contributed by atoms with Gasteiger partial charge in [0.2, 0.25) is 0 Å². The van der Waals surface area contributed by atoms with Gasteiger partial charge in [0.25, 0.3) is 5.91 Å². The molecule has 0 spiro atoms. The number of carbonyl (C=O) groups is 1. The van der Waals surface area contributed by atoms with E-state index in [4.69, 9.17) is 5.73 Å². The number of benzene rings is 1. The number of carbonyl (C=O) groups excluding carboxylic acids is 1.